The molecule has 0 saturated heterocycles. The van der Waals surface area contributed by atoms with Gasteiger partial charge in [-0.2, -0.15) is 0 Å². The Bertz CT molecular complexity index is 1280. The van der Waals surface area contributed by atoms with Gasteiger partial charge in [-0.3, -0.25) is 14.5 Å². The van der Waals surface area contributed by atoms with E-state index in [0.29, 0.717) is 46.9 Å². The zero-order valence-corrected chi connectivity index (χ0v) is 19.7. The Kier molecular flexibility index (Phi) is 6.97. The molecule has 0 N–H and O–H groups in total. The number of carbonyl (C=O) groups excluding carboxylic acids is 2. The van der Waals surface area contributed by atoms with Crippen LogP contribution in [0.5, 0.6) is 11.5 Å². The number of ether oxygens (including phenoxy) is 2. The van der Waals surface area contributed by atoms with Crippen molar-refractivity contribution in [1.29, 1.82) is 0 Å². The third-order valence-corrected chi connectivity index (χ3v) is 6.34. The van der Waals surface area contributed by atoms with E-state index in [9.17, 15) is 18.0 Å². The summed E-state index contributed by atoms with van der Waals surface area (Å²) in [5, 5.41) is 0. The number of nitrogens with zero attached hydrogens (tertiary/aromatic N) is 3. The first-order chi connectivity index (χ1) is 16.4. The summed E-state index contributed by atoms with van der Waals surface area (Å²) in [5.41, 5.74) is 1.91. The van der Waals surface area contributed by atoms with Crippen LogP contribution >= 0.6 is 0 Å². The van der Waals surface area contributed by atoms with Crippen molar-refractivity contribution in [3.63, 3.8) is 0 Å². The zero-order chi connectivity index (χ0) is 24.2. The molecule has 0 fully saturated rings. The van der Waals surface area contributed by atoms with Gasteiger partial charge in [0, 0.05) is 24.7 Å². The van der Waals surface area contributed by atoms with Crippen molar-refractivity contribution >= 4 is 22.5 Å². The summed E-state index contributed by atoms with van der Waals surface area (Å²) in [6.45, 7) is 2.60. The lowest BCUT2D eigenvalue weighted by atomic mass is 10.0. The monoisotopic (exact) mass is 483 g/mol. The number of hydrogen-bond acceptors (Lipinski definition) is 7. The maximum absolute atomic E-state index is 13.6. The van der Waals surface area contributed by atoms with E-state index in [-0.39, 0.29) is 12.2 Å². The van der Waals surface area contributed by atoms with Gasteiger partial charge in [-0.15, -0.1) is 0 Å². The van der Waals surface area contributed by atoms with Crippen molar-refractivity contribution in [2.45, 2.75) is 25.9 Å². The molecule has 9 nitrogen and oxygen atoms in total. The molecule has 178 valence electrons. The number of methoxy groups -OCH3 is 1. The summed E-state index contributed by atoms with van der Waals surface area (Å²) in [6.07, 6.45) is 5.12. The van der Waals surface area contributed by atoms with E-state index in [1.165, 1.54) is 12.0 Å². The van der Waals surface area contributed by atoms with E-state index >= 15 is 0 Å². The summed E-state index contributed by atoms with van der Waals surface area (Å²) < 4.78 is 35.7. The van der Waals surface area contributed by atoms with Crippen LogP contribution < -0.4 is 9.47 Å². The average molecular weight is 484 g/mol. The van der Waals surface area contributed by atoms with Crippen LogP contribution in [0.3, 0.4) is 0 Å². The Balaban J connectivity index is 1.75. The SMILES string of the molecule is CCOc1cc(C(CC[SH](=O)=O)N2C(=O)c3cccc(Cn4ccnc4)c3C2=O)ccc1OC. The van der Waals surface area contributed by atoms with E-state index in [2.05, 4.69) is 4.98 Å². The van der Waals surface area contributed by atoms with Gasteiger partial charge in [0.25, 0.3) is 11.8 Å². The number of carbonyl (C=O) groups is 2. The molecule has 1 atom stereocenters. The summed E-state index contributed by atoms with van der Waals surface area (Å²) in [4.78, 5) is 32.3. The topological polar surface area (TPSA) is 108 Å². The smallest absolute Gasteiger partial charge is 0.262 e. The summed E-state index contributed by atoms with van der Waals surface area (Å²) in [5.74, 6) is -0.116. The molecule has 10 heteroatoms. The van der Waals surface area contributed by atoms with E-state index in [1.54, 1.807) is 55.1 Å². The molecule has 0 radical (unpaired) electrons. The second-order valence-corrected chi connectivity index (χ2v) is 8.87. The lowest BCUT2D eigenvalue weighted by molar-refractivity contribution is 0.0577. The van der Waals surface area contributed by atoms with Crippen molar-refractivity contribution < 1.29 is 27.5 Å². The molecule has 0 spiro atoms. The zero-order valence-electron chi connectivity index (χ0n) is 18.8. The number of imide groups is 1. The number of aromatic nitrogens is 2. The van der Waals surface area contributed by atoms with Crippen LogP contribution in [0.4, 0.5) is 0 Å². The van der Waals surface area contributed by atoms with Gasteiger partial charge >= 0.3 is 0 Å². The van der Waals surface area contributed by atoms with E-state index in [4.69, 9.17) is 9.47 Å². The minimum absolute atomic E-state index is 0.0684. The fraction of sp³-hybridized carbons (Fsp3) is 0.292. The van der Waals surface area contributed by atoms with Crippen LogP contribution in [0, 0.1) is 0 Å². The highest BCUT2D eigenvalue weighted by Crippen LogP contribution is 2.38. The van der Waals surface area contributed by atoms with Crippen molar-refractivity contribution in [3.05, 3.63) is 77.4 Å². The molecule has 2 heterocycles. The number of thiol groups is 1. The minimum atomic E-state index is -2.70. The Morgan fingerprint density at radius 2 is 1.91 bits per heavy atom. The van der Waals surface area contributed by atoms with Gasteiger partial charge < -0.3 is 14.0 Å². The van der Waals surface area contributed by atoms with Gasteiger partial charge in [0.1, 0.15) is 10.7 Å². The van der Waals surface area contributed by atoms with Gasteiger partial charge in [0.2, 0.25) is 0 Å². The number of amides is 2. The van der Waals surface area contributed by atoms with E-state index < -0.39 is 28.6 Å². The fourth-order valence-electron chi connectivity index (χ4n) is 4.21. The molecule has 0 aliphatic carbocycles. The highest BCUT2D eigenvalue weighted by Gasteiger charge is 2.42. The third-order valence-electron chi connectivity index (χ3n) is 5.71. The molecule has 2 aromatic carbocycles. The van der Waals surface area contributed by atoms with Gasteiger partial charge in [0.05, 0.1) is 37.2 Å². The molecule has 0 saturated carbocycles. The molecule has 3 aromatic rings. The van der Waals surface area contributed by atoms with Gasteiger partial charge in [0.15, 0.2) is 11.5 Å². The quantitative estimate of drug-likeness (QED) is 0.349. The number of imidazole rings is 1. The Morgan fingerprint density at radius 1 is 1.09 bits per heavy atom. The van der Waals surface area contributed by atoms with Crippen molar-refractivity contribution in [2.24, 2.45) is 0 Å². The highest BCUT2D eigenvalue weighted by molar-refractivity contribution is 7.72. The molecule has 1 aromatic heterocycles. The molecule has 1 aliphatic rings. The first kappa shape index (κ1) is 23.5. The van der Waals surface area contributed by atoms with Gasteiger partial charge in [-0.25, -0.2) is 13.4 Å². The maximum atomic E-state index is 13.6. The fourth-order valence-corrected chi connectivity index (χ4v) is 4.66. The van der Waals surface area contributed by atoms with Gasteiger partial charge in [-0.1, -0.05) is 18.2 Å². The molecule has 34 heavy (non-hydrogen) atoms. The minimum Gasteiger partial charge on any atom is -0.493 e. The molecule has 0 bridgehead atoms. The number of fused-ring (bicyclic) bond motifs is 1. The second-order valence-electron chi connectivity index (χ2n) is 7.76. The number of benzene rings is 2. The number of hydrogen-bond donors (Lipinski definition) is 1. The standard InChI is InChI=1S/C24H25N3O6S/c1-3-33-21-13-16(7-8-20(21)32-2)19(9-12-34(30)31)27-23(28)18-6-4-5-17(22(18)24(27)29)14-26-11-10-25-15-26/h4-8,10-11,13,15,19,34H,3,9,12,14H2,1-2H3. The van der Waals surface area contributed by atoms with Gasteiger partial charge in [-0.05, 0) is 42.7 Å². The Morgan fingerprint density at radius 3 is 2.59 bits per heavy atom. The first-order valence-corrected chi connectivity index (χ1v) is 12.2. The van der Waals surface area contributed by atoms with Crippen molar-refractivity contribution in [2.75, 3.05) is 19.5 Å². The van der Waals surface area contributed by atoms with E-state index in [1.807, 2.05) is 11.5 Å². The largest absolute Gasteiger partial charge is 0.493 e. The van der Waals surface area contributed by atoms with Crippen LogP contribution in [0.15, 0.2) is 55.1 Å². The lowest BCUT2D eigenvalue weighted by Gasteiger charge is -2.27. The van der Waals surface area contributed by atoms with Crippen LogP contribution in [0.1, 0.15) is 51.2 Å². The maximum Gasteiger partial charge on any atom is 0.262 e. The molecule has 1 unspecified atom stereocenters. The molecular formula is C24H25N3O6S. The summed E-state index contributed by atoms with van der Waals surface area (Å²) in [7, 11) is -1.18. The summed E-state index contributed by atoms with van der Waals surface area (Å²) >= 11 is 0. The first-order valence-electron chi connectivity index (χ1n) is 10.8. The predicted molar refractivity (Wildman–Crippen MR) is 125 cm³/mol. The second kappa shape index (κ2) is 10.1. The van der Waals surface area contributed by atoms with Crippen molar-refractivity contribution in [3.8, 4) is 11.5 Å². The predicted octanol–water partition coefficient (Wildman–Crippen LogP) is 2.68. The lowest BCUT2D eigenvalue weighted by Crippen LogP contribution is -2.35. The third kappa shape index (κ3) is 4.54. The molecule has 1 aliphatic heterocycles. The average Bonchev–Trinajstić information content (AvgIpc) is 3.42. The van der Waals surface area contributed by atoms with Crippen LogP contribution in [-0.4, -0.2) is 54.2 Å². The Labute approximate surface area is 198 Å². The number of rotatable bonds is 10. The van der Waals surface area contributed by atoms with E-state index in [0.717, 1.165) is 0 Å². The molecular weight excluding hydrogens is 458 g/mol. The van der Waals surface area contributed by atoms with Crippen LogP contribution in [0.25, 0.3) is 0 Å². The highest BCUT2D eigenvalue weighted by atomic mass is 32.2. The van der Waals surface area contributed by atoms with Crippen LogP contribution in [0.2, 0.25) is 0 Å². The Hall–Kier alpha value is -3.66. The van der Waals surface area contributed by atoms with Crippen LogP contribution in [-0.2, 0) is 17.2 Å². The van der Waals surface area contributed by atoms with Crippen molar-refractivity contribution in [1.82, 2.24) is 14.5 Å². The molecule has 4 rings (SSSR count). The summed E-state index contributed by atoms with van der Waals surface area (Å²) in [6, 6.07) is 9.49. The normalized spacial score (nSPS) is 13.9. The molecule has 2 amide bonds.